The summed E-state index contributed by atoms with van der Waals surface area (Å²) in [5, 5.41) is 20.7. The Morgan fingerprint density at radius 1 is 0.357 bits per heavy atom. The molecule has 0 unspecified atom stereocenters. The molecule has 0 spiro atoms. The van der Waals surface area contributed by atoms with Crippen LogP contribution in [0.4, 0.5) is 68.0 Å². The van der Waals surface area contributed by atoms with E-state index in [4.69, 9.17) is 37.9 Å². The molecule has 16 rings (SSSR count). The van der Waals surface area contributed by atoms with Crippen LogP contribution in [0.15, 0.2) is 271 Å². The molecule has 0 radical (unpaired) electrons. The van der Waals surface area contributed by atoms with Gasteiger partial charge in [0.1, 0.15) is 110 Å². The predicted octanol–water partition coefficient (Wildman–Crippen LogP) is 13.3. The molecular formula is C90H85FN26O12. The van der Waals surface area contributed by atoms with Crippen LogP contribution in [0.25, 0.3) is 67.8 Å². The van der Waals surface area contributed by atoms with E-state index in [0.29, 0.717) is 146 Å². The molecule has 8 aromatic heterocycles. The van der Waals surface area contributed by atoms with Crippen LogP contribution < -0.4 is 56.2 Å². The fourth-order valence-corrected chi connectivity index (χ4v) is 12.1. The fourth-order valence-electron chi connectivity index (χ4n) is 12.1. The number of amides is 3. The number of carbonyl (C=O) groups is 4. The SMILES string of the molecule is C=CC(=O)Cc1ccc2c(c1)ncn2-c1ncnc(Nc2ccc(OCCOC)cc2)n1.C=CC(=O)Nc1cccc2c1ncn2-c1nc(Nc2ccc(OCCOC)cc2)ncc1F.C=CC(=O)Nc1cccc2c1ncn2-c1ncnc(Nc2ccc(OCCOC)cc2)n1.C=CC(=O)Nc1cccc2c1ncn2-c1ncnc(Nc2ccc(OCCOC)cc2)n1. The molecule has 0 saturated heterocycles. The van der Waals surface area contributed by atoms with Crippen LogP contribution in [0.2, 0.25) is 0 Å². The molecule has 0 aliphatic carbocycles. The van der Waals surface area contributed by atoms with E-state index in [-0.39, 0.29) is 35.3 Å². The van der Waals surface area contributed by atoms with Gasteiger partial charge in [-0.25, -0.2) is 59.2 Å². The van der Waals surface area contributed by atoms with Crippen molar-refractivity contribution in [2.45, 2.75) is 6.42 Å². The highest BCUT2D eigenvalue weighted by molar-refractivity contribution is 6.06. The number of imidazole rings is 4. The minimum atomic E-state index is -0.623. The molecule has 38 nitrogen and oxygen atoms in total. The van der Waals surface area contributed by atoms with E-state index >= 15 is 0 Å². The molecule has 7 N–H and O–H groups in total. The van der Waals surface area contributed by atoms with Crippen LogP contribution in [0.5, 0.6) is 23.0 Å². The molecule has 16 aromatic rings. The van der Waals surface area contributed by atoms with Crippen molar-refractivity contribution in [3.05, 3.63) is 282 Å². The molecule has 39 heteroatoms. The maximum absolute atomic E-state index is 14.7. The van der Waals surface area contributed by atoms with E-state index in [0.717, 1.165) is 74.2 Å². The molecule has 3 amide bonds. The normalized spacial score (nSPS) is 10.7. The first-order valence-electron chi connectivity index (χ1n) is 39.5. The number of methoxy groups -OCH3 is 4. The number of fused-ring (bicyclic) bond motifs is 4. The molecule has 0 fully saturated rings. The van der Waals surface area contributed by atoms with Crippen molar-refractivity contribution in [2.24, 2.45) is 0 Å². The molecule has 0 bridgehead atoms. The summed E-state index contributed by atoms with van der Waals surface area (Å²) >= 11 is 0. The molecule has 129 heavy (non-hydrogen) atoms. The summed E-state index contributed by atoms with van der Waals surface area (Å²) in [6, 6.07) is 51.3. The van der Waals surface area contributed by atoms with Gasteiger partial charge in [-0.2, -0.15) is 19.9 Å². The van der Waals surface area contributed by atoms with Crippen molar-refractivity contribution in [2.75, 3.05) is 119 Å². The van der Waals surface area contributed by atoms with Gasteiger partial charge in [0.2, 0.25) is 59.4 Å². The Bertz CT molecular complexity index is 6380. The Balaban J connectivity index is 0.000000147. The second-order valence-electron chi connectivity index (χ2n) is 26.9. The van der Waals surface area contributed by atoms with Crippen molar-refractivity contribution in [1.82, 2.24) is 93.0 Å². The summed E-state index contributed by atoms with van der Waals surface area (Å²) in [6.45, 7) is 17.9. The molecule has 0 saturated carbocycles. The average Bonchev–Trinajstić information content (AvgIpc) is 1.66. The number of nitrogens with one attached hydrogen (secondary N) is 7. The minimum Gasteiger partial charge on any atom is -0.491 e. The lowest BCUT2D eigenvalue weighted by Gasteiger charge is -2.10. The Kier molecular flexibility index (Phi) is 31.2. The maximum atomic E-state index is 14.7. The van der Waals surface area contributed by atoms with Crippen molar-refractivity contribution in [1.29, 1.82) is 0 Å². The van der Waals surface area contributed by atoms with E-state index in [1.807, 2.05) is 115 Å². The standard InChI is InChI=1S/C23H21FN6O3.C23H22N6O3.2C22H21N7O3/c1-3-20(31)28-18-5-4-6-19-21(18)26-14-30(19)22-17(24)13-25-23(29-22)27-15-7-9-16(10-8-15)33-12-11-32-2;1-3-18(30)12-16-4-9-21-20(13-16)26-15-29(21)23-25-14-24-22(28-23)27-17-5-7-19(8-6-17)32-11-10-31-2;2*1-3-19(30)27-17-5-4-6-18-20(17)25-14-29(18)22-24-13-23-21(28-22)26-15-7-9-16(10-8-15)32-12-11-31-2/h3-10,13-14H,1,11-12H2,2H3,(H,28,31)(H,25,27,29);3-9,13-15H,1,10-12H2,2H3,(H,24,25,27,28);2*3-10,13-14H,1,11-12H2,2H3,(H,27,30)(H,23,24,26,28). The van der Waals surface area contributed by atoms with Gasteiger partial charge in [-0.3, -0.25) is 37.4 Å². The summed E-state index contributed by atoms with van der Waals surface area (Å²) < 4.78 is 63.5. The minimum absolute atomic E-state index is 0.0155. The number of carbonyl (C=O) groups excluding carboxylic acids is 4. The van der Waals surface area contributed by atoms with Crippen LogP contribution in [0.1, 0.15) is 5.56 Å². The number of anilines is 11. The summed E-state index contributed by atoms with van der Waals surface area (Å²) in [4.78, 5) is 111. The molecule has 8 aromatic carbocycles. The first kappa shape index (κ1) is 89.7. The van der Waals surface area contributed by atoms with E-state index < -0.39 is 5.82 Å². The second kappa shape index (κ2) is 44.8. The number of nitrogens with zero attached hydrogens (tertiary/aromatic N) is 19. The highest BCUT2D eigenvalue weighted by Crippen LogP contribution is 2.31. The van der Waals surface area contributed by atoms with Gasteiger partial charge in [-0.1, -0.05) is 50.6 Å². The molecular weight excluding hydrogens is 1660 g/mol. The largest absolute Gasteiger partial charge is 0.491 e. The number of halogens is 1. The zero-order valence-electron chi connectivity index (χ0n) is 70.1. The second-order valence-corrected chi connectivity index (χ2v) is 26.9. The quantitative estimate of drug-likeness (QED) is 0.0140. The van der Waals surface area contributed by atoms with Crippen LogP contribution in [0, 0.1) is 5.82 Å². The number of allylic oxidation sites excluding steroid dienone is 1. The average molecular weight is 1740 g/mol. The molecule has 8 heterocycles. The van der Waals surface area contributed by atoms with Crippen molar-refractivity contribution in [3.63, 3.8) is 0 Å². The first-order chi connectivity index (χ1) is 63.1. The fraction of sp³-hybridized carbons (Fsp3) is 0.144. The first-order valence-corrected chi connectivity index (χ1v) is 39.5. The highest BCUT2D eigenvalue weighted by Gasteiger charge is 2.20. The Hall–Kier alpha value is -17.0. The number of hydrogen-bond donors (Lipinski definition) is 7. The maximum Gasteiger partial charge on any atom is 0.247 e. The summed E-state index contributed by atoms with van der Waals surface area (Å²) in [7, 11) is 6.51. The Morgan fingerprint density at radius 3 is 1.04 bits per heavy atom. The van der Waals surface area contributed by atoms with Gasteiger partial charge in [0.15, 0.2) is 17.4 Å². The Labute approximate surface area is 736 Å². The number of rotatable bonds is 37. The summed E-state index contributed by atoms with van der Waals surface area (Å²) in [6.07, 6.45) is 16.8. The van der Waals surface area contributed by atoms with Gasteiger partial charge >= 0.3 is 0 Å². The van der Waals surface area contributed by atoms with E-state index in [1.54, 1.807) is 116 Å². The Morgan fingerprint density at radius 2 is 0.690 bits per heavy atom. The van der Waals surface area contributed by atoms with Gasteiger partial charge in [0, 0.05) is 57.6 Å². The molecule has 0 aliphatic heterocycles. The smallest absolute Gasteiger partial charge is 0.247 e. The lowest BCUT2D eigenvalue weighted by molar-refractivity contribution is -0.114. The monoisotopic (exact) mass is 1740 g/mol. The zero-order chi connectivity index (χ0) is 90.2. The molecule has 654 valence electrons. The van der Waals surface area contributed by atoms with Crippen molar-refractivity contribution < 1.29 is 61.5 Å². The third-order valence-corrected chi connectivity index (χ3v) is 18.2. The van der Waals surface area contributed by atoms with Crippen LogP contribution in [-0.4, -0.2) is 198 Å². The van der Waals surface area contributed by atoms with Crippen LogP contribution >= 0.6 is 0 Å². The van der Waals surface area contributed by atoms with Crippen LogP contribution in [-0.2, 0) is 44.5 Å². The van der Waals surface area contributed by atoms with Crippen molar-refractivity contribution >= 4 is 131 Å². The number of benzene rings is 8. The number of para-hydroxylation sites is 3. The van der Waals surface area contributed by atoms with Crippen molar-refractivity contribution in [3.8, 4) is 46.7 Å². The van der Waals surface area contributed by atoms with Gasteiger partial charge in [-0.15, -0.1) is 0 Å². The summed E-state index contributed by atoms with van der Waals surface area (Å²) in [5.41, 5.74) is 11.0. The predicted molar refractivity (Wildman–Crippen MR) is 484 cm³/mol. The van der Waals surface area contributed by atoms with E-state index in [1.165, 1.54) is 48.1 Å². The number of hydrogen-bond acceptors (Lipinski definition) is 31. The molecule has 0 atom stereocenters. The molecule has 0 aliphatic rings. The number of ether oxygens (including phenoxy) is 8. The van der Waals surface area contributed by atoms with Gasteiger partial charge in [-0.05, 0) is 175 Å². The van der Waals surface area contributed by atoms with E-state index in [2.05, 4.69) is 138 Å². The van der Waals surface area contributed by atoms with Gasteiger partial charge < -0.3 is 75.1 Å². The topological polar surface area (TPSA) is 439 Å². The lowest BCUT2D eigenvalue weighted by Crippen LogP contribution is -2.08. The van der Waals surface area contributed by atoms with E-state index in [9.17, 15) is 23.6 Å². The third kappa shape index (κ3) is 24.3. The third-order valence-electron chi connectivity index (χ3n) is 18.2. The number of aromatic nitrogens is 19. The zero-order valence-corrected chi connectivity index (χ0v) is 70.1. The number of ketones is 1. The summed E-state index contributed by atoms with van der Waals surface area (Å²) in [5.74, 6) is 3.86. The lowest BCUT2D eigenvalue weighted by atomic mass is 10.1. The van der Waals surface area contributed by atoms with Gasteiger partial charge in [0.25, 0.3) is 0 Å². The van der Waals surface area contributed by atoms with Gasteiger partial charge in [0.05, 0.1) is 77.3 Å². The highest BCUT2D eigenvalue weighted by atomic mass is 19.1. The van der Waals surface area contributed by atoms with Crippen LogP contribution in [0.3, 0.4) is 0 Å².